The highest BCUT2D eigenvalue weighted by molar-refractivity contribution is 9.11. The second kappa shape index (κ2) is 8.20. The summed E-state index contributed by atoms with van der Waals surface area (Å²) in [5.74, 6) is -0.289. The van der Waals surface area contributed by atoms with Gasteiger partial charge < -0.3 is 20.9 Å². The summed E-state index contributed by atoms with van der Waals surface area (Å²) in [6.45, 7) is 0. The number of nitrogens with two attached hydrogens (primary N) is 1. The number of pyridine rings is 3. The number of nitrogens with one attached hydrogen (secondary N) is 2. The van der Waals surface area contributed by atoms with E-state index in [-0.39, 0.29) is 16.9 Å². The van der Waals surface area contributed by atoms with Gasteiger partial charge in [0.05, 0.1) is 29.3 Å². The lowest BCUT2D eigenvalue weighted by Gasteiger charge is -2.16. The van der Waals surface area contributed by atoms with Crippen molar-refractivity contribution < 1.29 is 13.7 Å². The minimum atomic E-state index is -0.652. The first kappa shape index (κ1) is 21.1. The van der Waals surface area contributed by atoms with Crippen LogP contribution in [-0.4, -0.2) is 23.3 Å². The van der Waals surface area contributed by atoms with Crippen LogP contribution in [0.2, 0.25) is 0 Å². The van der Waals surface area contributed by atoms with Crippen molar-refractivity contribution in [2.24, 2.45) is 0 Å². The highest BCUT2D eigenvalue weighted by Crippen LogP contribution is 2.43. The summed E-state index contributed by atoms with van der Waals surface area (Å²) >= 11 is 6.79. The van der Waals surface area contributed by atoms with E-state index in [0.717, 1.165) is 6.21 Å². The first-order chi connectivity index (χ1) is 14.9. The van der Waals surface area contributed by atoms with E-state index in [2.05, 4.69) is 41.8 Å². The smallest absolute Gasteiger partial charge is 0.321 e. The standard InChI is InChI=1S/C21H14Br2FN5O2/c1-31-18-14-13(10-5-6-12(24)15(26)11(10)9-25)17(29-7-3-2-4-8-29)21(30)27-16(14)19(22)28-20(18)23/h2-9H,1H3,(H3-,25,26,27,30)/p+1. The second-order valence-electron chi connectivity index (χ2n) is 6.50. The molecule has 4 N–H and O–H groups in total. The van der Waals surface area contributed by atoms with E-state index in [1.54, 1.807) is 29.1 Å². The SMILES string of the molecule is COc1c(Br)nc(Br)c2[nH]c(=O)c(-[n+]3ccccc3)c(-c3ccc(F)c(N)c3C=N)c12. The fourth-order valence-corrected chi connectivity index (χ4v) is 4.75. The Morgan fingerprint density at radius 2 is 1.94 bits per heavy atom. The van der Waals surface area contributed by atoms with Gasteiger partial charge in [0.2, 0.25) is 0 Å². The molecule has 0 fully saturated rings. The number of methoxy groups -OCH3 is 1. The number of hydrogen-bond donors (Lipinski definition) is 3. The number of aromatic nitrogens is 3. The Balaban J connectivity index is 2.34. The molecule has 0 saturated carbocycles. The van der Waals surface area contributed by atoms with Crippen molar-refractivity contribution in [3.8, 4) is 22.6 Å². The second-order valence-corrected chi connectivity index (χ2v) is 8.01. The Morgan fingerprint density at radius 1 is 1.23 bits per heavy atom. The predicted molar refractivity (Wildman–Crippen MR) is 124 cm³/mol. The summed E-state index contributed by atoms with van der Waals surface area (Å²) in [6.07, 6.45) is 4.40. The third-order valence-electron chi connectivity index (χ3n) is 4.83. The highest BCUT2D eigenvalue weighted by atomic mass is 79.9. The number of halogens is 3. The molecule has 0 aliphatic heterocycles. The molecule has 0 saturated heterocycles. The Kier molecular flexibility index (Phi) is 5.59. The molecule has 4 aromatic rings. The molecule has 0 amide bonds. The van der Waals surface area contributed by atoms with Crippen LogP contribution in [0.1, 0.15) is 5.56 Å². The molecule has 4 rings (SSSR count). The highest BCUT2D eigenvalue weighted by Gasteiger charge is 2.29. The van der Waals surface area contributed by atoms with E-state index in [1.807, 2.05) is 6.07 Å². The van der Waals surface area contributed by atoms with Crippen molar-refractivity contribution in [3.63, 3.8) is 0 Å². The number of H-pyrrole nitrogens is 1. The summed E-state index contributed by atoms with van der Waals surface area (Å²) < 4.78 is 22.2. The average molecular weight is 548 g/mol. The average Bonchev–Trinajstić information content (AvgIpc) is 2.76. The number of nitrogen functional groups attached to an aromatic ring is 1. The first-order valence-electron chi connectivity index (χ1n) is 8.93. The van der Waals surface area contributed by atoms with Crippen LogP contribution in [0.3, 0.4) is 0 Å². The van der Waals surface area contributed by atoms with Gasteiger partial charge in [-0.25, -0.2) is 9.37 Å². The number of fused-ring (bicyclic) bond motifs is 1. The number of aromatic amines is 1. The van der Waals surface area contributed by atoms with Crippen molar-refractivity contribution in [2.75, 3.05) is 12.8 Å². The monoisotopic (exact) mass is 546 g/mol. The zero-order chi connectivity index (χ0) is 22.3. The van der Waals surface area contributed by atoms with Crippen LogP contribution in [0, 0.1) is 11.2 Å². The van der Waals surface area contributed by atoms with Gasteiger partial charge in [-0.2, -0.15) is 4.57 Å². The fraction of sp³-hybridized carbons (Fsp3) is 0.0476. The lowest BCUT2D eigenvalue weighted by molar-refractivity contribution is -0.596. The molecule has 0 atom stereocenters. The number of ether oxygens (including phenoxy) is 1. The molecule has 7 nitrogen and oxygen atoms in total. The van der Waals surface area contributed by atoms with Gasteiger partial charge in [-0.1, -0.05) is 12.1 Å². The molecule has 0 aliphatic rings. The lowest BCUT2D eigenvalue weighted by atomic mass is 9.94. The molecule has 0 radical (unpaired) electrons. The Hall–Kier alpha value is -3.11. The van der Waals surface area contributed by atoms with Gasteiger partial charge in [0.15, 0.2) is 18.1 Å². The summed E-state index contributed by atoms with van der Waals surface area (Å²) in [6, 6.07) is 8.08. The van der Waals surface area contributed by atoms with E-state index in [4.69, 9.17) is 15.9 Å². The molecule has 31 heavy (non-hydrogen) atoms. The predicted octanol–water partition coefficient (Wildman–Crippen LogP) is 4.12. The maximum Gasteiger partial charge on any atom is 0.321 e. The fourth-order valence-electron chi connectivity index (χ4n) is 3.50. The minimum absolute atomic E-state index is 0.149. The van der Waals surface area contributed by atoms with Gasteiger partial charge in [-0.15, -0.1) is 0 Å². The van der Waals surface area contributed by atoms with Crippen LogP contribution >= 0.6 is 31.9 Å². The van der Waals surface area contributed by atoms with Crippen LogP contribution in [-0.2, 0) is 0 Å². The van der Waals surface area contributed by atoms with E-state index >= 15 is 0 Å². The molecule has 1 aromatic carbocycles. The molecule has 0 bridgehead atoms. The number of anilines is 1. The molecule has 0 aliphatic carbocycles. The first-order valence-corrected chi connectivity index (χ1v) is 10.5. The van der Waals surface area contributed by atoms with Gasteiger partial charge in [-0.3, -0.25) is 4.79 Å². The summed E-state index contributed by atoms with van der Waals surface area (Å²) in [5.41, 5.74) is 6.97. The van der Waals surface area contributed by atoms with Gasteiger partial charge >= 0.3 is 5.56 Å². The molecule has 10 heteroatoms. The normalized spacial score (nSPS) is 11.0. The van der Waals surface area contributed by atoms with Crippen LogP contribution < -0.4 is 20.6 Å². The van der Waals surface area contributed by atoms with E-state index in [9.17, 15) is 9.18 Å². The van der Waals surface area contributed by atoms with E-state index < -0.39 is 11.4 Å². The van der Waals surface area contributed by atoms with Crippen molar-refractivity contribution >= 4 is 54.7 Å². The van der Waals surface area contributed by atoms with E-state index in [0.29, 0.717) is 37.0 Å². The molecular weight excluding hydrogens is 533 g/mol. The summed E-state index contributed by atoms with van der Waals surface area (Å²) in [4.78, 5) is 20.5. The van der Waals surface area contributed by atoms with Gasteiger partial charge in [-0.05, 0) is 37.9 Å². The third kappa shape index (κ3) is 3.41. The molecule has 3 heterocycles. The van der Waals surface area contributed by atoms with Crippen LogP contribution in [0.5, 0.6) is 5.75 Å². The molecule has 156 valence electrons. The zero-order valence-corrected chi connectivity index (χ0v) is 19.2. The van der Waals surface area contributed by atoms with Crippen molar-refractivity contribution in [1.29, 1.82) is 5.41 Å². The Labute approximate surface area is 192 Å². The molecule has 3 aromatic heterocycles. The summed E-state index contributed by atoms with van der Waals surface area (Å²) in [5, 5.41) is 8.38. The van der Waals surface area contributed by atoms with Crippen LogP contribution in [0.4, 0.5) is 10.1 Å². The molecule has 0 spiro atoms. The van der Waals surface area contributed by atoms with E-state index in [1.165, 1.54) is 19.2 Å². The Morgan fingerprint density at radius 3 is 2.58 bits per heavy atom. The van der Waals surface area contributed by atoms with Crippen LogP contribution in [0.15, 0.2) is 56.7 Å². The number of benzene rings is 1. The zero-order valence-electron chi connectivity index (χ0n) is 16.0. The van der Waals surface area contributed by atoms with Crippen LogP contribution in [0.25, 0.3) is 27.7 Å². The van der Waals surface area contributed by atoms with Crippen molar-refractivity contribution in [3.05, 3.63) is 73.7 Å². The van der Waals surface area contributed by atoms with Gasteiger partial charge in [0.25, 0.3) is 5.69 Å². The number of hydrogen-bond acceptors (Lipinski definition) is 5. The maximum atomic E-state index is 14.2. The molecule has 0 unspecified atom stereocenters. The van der Waals surface area contributed by atoms with Crippen molar-refractivity contribution in [1.82, 2.24) is 9.97 Å². The third-order valence-corrected chi connectivity index (χ3v) is 5.94. The topological polar surface area (TPSA) is 109 Å². The van der Waals surface area contributed by atoms with Gasteiger partial charge in [0, 0.05) is 29.5 Å². The maximum absolute atomic E-state index is 14.2. The lowest BCUT2D eigenvalue weighted by Crippen LogP contribution is -2.37. The Bertz CT molecular complexity index is 1410. The minimum Gasteiger partial charge on any atom is -0.493 e. The summed E-state index contributed by atoms with van der Waals surface area (Å²) in [7, 11) is 1.48. The largest absolute Gasteiger partial charge is 0.493 e. The number of nitrogens with zero attached hydrogens (tertiary/aromatic N) is 2. The molecular formula is C21H15Br2FN5O2+. The number of rotatable bonds is 4. The van der Waals surface area contributed by atoms with Gasteiger partial charge in [0.1, 0.15) is 15.0 Å². The quantitative estimate of drug-likeness (QED) is 0.154. The van der Waals surface area contributed by atoms with Crippen molar-refractivity contribution in [2.45, 2.75) is 0 Å².